The van der Waals surface area contributed by atoms with E-state index in [4.69, 9.17) is 5.73 Å². The van der Waals surface area contributed by atoms with E-state index >= 15 is 0 Å². The van der Waals surface area contributed by atoms with Crippen LogP contribution >= 0.6 is 0 Å². The Bertz CT molecular complexity index is 1030. The average Bonchev–Trinajstić information content (AvgIpc) is 2.67. The van der Waals surface area contributed by atoms with Crippen molar-refractivity contribution in [3.8, 4) is 0 Å². The van der Waals surface area contributed by atoms with Gasteiger partial charge in [0.25, 0.3) is 0 Å². The van der Waals surface area contributed by atoms with Gasteiger partial charge in [-0.05, 0) is 17.0 Å². The van der Waals surface area contributed by atoms with Gasteiger partial charge in [-0.2, -0.15) is 9.97 Å². The number of pyridine rings is 1. The Morgan fingerprint density at radius 1 is 0.846 bits per heavy atom. The summed E-state index contributed by atoms with van der Waals surface area (Å²) in [4.78, 5) is 12.9. The van der Waals surface area contributed by atoms with E-state index in [1.165, 1.54) is 0 Å². The van der Waals surface area contributed by atoms with Crippen molar-refractivity contribution in [2.24, 2.45) is 0 Å². The minimum atomic E-state index is 0.200. The fourth-order valence-corrected chi connectivity index (χ4v) is 2.75. The van der Waals surface area contributed by atoms with Gasteiger partial charge in [-0.1, -0.05) is 54.6 Å². The lowest BCUT2D eigenvalue weighted by molar-refractivity contribution is 1.09. The van der Waals surface area contributed by atoms with E-state index in [-0.39, 0.29) is 5.95 Å². The Kier molecular flexibility index (Phi) is 4.30. The number of fused-ring (bicyclic) bond motifs is 1. The number of nitrogens with zero attached hydrogens (tertiary/aromatic N) is 3. The minimum Gasteiger partial charge on any atom is -0.368 e. The maximum absolute atomic E-state index is 5.87. The van der Waals surface area contributed by atoms with Crippen LogP contribution < -0.4 is 16.4 Å². The largest absolute Gasteiger partial charge is 0.368 e. The van der Waals surface area contributed by atoms with Gasteiger partial charge in [0.1, 0.15) is 17.5 Å². The van der Waals surface area contributed by atoms with Gasteiger partial charge in [-0.15, -0.1) is 0 Å². The van der Waals surface area contributed by atoms with E-state index in [1.807, 2.05) is 54.6 Å². The molecule has 0 bridgehead atoms. The Morgan fingerprint density at radius 2 is 1.62 bits per heavy atom. The van der Waals surface area contributed by atoms with Crippen LogP contribution in [0.2, 0.25) is 0 Å². The van der Waals surface area contributed by atoms with Gasteiger partial charge in [0.05, 0.1) is 0 Å². The van der Waals surface area contributed by atoms with Crippen molar-refractivity contribution in [1.29, 1.82) is 0 Å². The minimum absolute atomic E-state index is 0.200. The molecule has 4 aromatic rings. The molecule has 0 aliphatic rings. The van der Waals surface area contributed by atoms with Crippen LogP contribution in [0.1, 0.15) is 5.56 Å². The number of nitrogen functional groups attached to an aromatic ring is 1. The van der Waals surface area contributed by atoms with E-state index in [9.17, 15) is 0 Å². The number of rotatable bonds is 5. The van der Waals surface area contributed by atoms with Crippen LogP contribution in [0, 0.1) is 0 Å². The number of anilines is 4. The van der Waals surface area contributed by atoms with Crippen molar-refractivity contribution < 1.29 is 0 Å². The molecule has 0 radical (unpaired) electrons. The lowest BCUT2D eigenvalue weighted by atomic mass is 10.1. The van der Waals surface area contributed by atoms with Gasteiger partial charge in [0.2, 0.25) is 5.95 Å². The van der Waals surface area contributed by atoms with Crippen molar-refractivity contribution >= 4 is 34.2 Å². The number of nitrogens with one attached hydrogen (secondary N) is 2. The van der Waals surface area contributed by atoms with Crippen molar-refractivity contribution in [3.05, 3.63) is 78.5 Å². The maximum atomic E-state index is 5.87. The summed E-state index contributed by atoms with van der Waals surface area (Å²) in [6.45, 7) is 0.656. The monoisotopic (exact) mass is 342 g/mol. The molecule has 0 saturated carbocycles. The molecule has 2 aromatic carbocycles. The van der Waals surface area contributed by atoms with E-state index < -0.39 is 0 Å². The molecule has 26 heavy (non-hydrogen) atoms. The molecule has 0 aliphatic heterocycles. The van der Waals surface area contributed by atoms with Gasteiger partial charge in [-0.3, -0.25) is 0 Å². The summed E-state index contributed by atoms with van der Waals surface area (Å²) in [5.41, 5.74) is 7.03. The molecule has 2 aromatic heterocycles. The standard InChI is InChI=1S/C20H18N6/c21-20-25-17(23-13-14-6-2-1-3-7-14)12-18(26-20)24-19-16-9-5-4-8-15(16)10-11-22-19/h1-12H,13H2,(H4,21,22,23,24,25,26). The van der Waals surface area contributed by atoms with Crippen LogP contribution in [-0.4, -0.2) is 15.0 Å². The van der Waals surface area contributed by atoms with Crippen LogP contribution in [0.25, 0.3) is 10.8 Å². The number of aromatic nitrogens is 3. The van der Waals surface area contributed by atoms with Crippen molar-refractivity contribution in [2.75, 3.05) is 16.4 Å². The first kappa shape index (κ1) is 15.8. The summed E-state index contributed by atoms with van der Waals surface area (Å²) in [5.74, 6) is 2.18. The fraction of sp³-hybridized carbons (Fsp3) is 0.0500. The van der Waals surface area contributed by atoms with E-state index in [1.54, 1.807) is 6.20 Å². The molecule has 0 spiro atoms. The van der Waals surface area contributed by atoms with E-state index in [0.717, 1.165) is 22.2 Å². The molecular formula is C20H18N6. The summed E-state index contributed by atoms with van der Waals surface area (Å²) in [5, 5.41) is 8.64. The molecule has 0 saturated heterocycles. The maximum Gasteiger partial charge on any atom is 0.223 e. The van der Waals surface area contributed by atoms with Crippen LogP contribution in [0.5, 0.6) is 0 Å². The molecule has 0 unspecified atom stereocenters. The number of nitrogens with two attached hydrogens (primary N) is 1. The molecule has 6 heteroatoms. The molecule has 128 valence electrons. The van der Waals surface area contributed by atoms with Gasteiger partial charge >= 0.3 is 0 Å². The molecule has 0 fully saturated rings. The average molecular weight is 342 g/mol. The van der Waals surface area contributed by atoms with Gasteiger partial charge in [-0.25, -0.2) is 4.98 Å². The third-order valence-electron chi connectivity index (χ3n) is 3.98. The predicted molar refractivity (Wildman–Crippen MR) is 105 cm³/mol. The Labute approximate surface area is 151 Å². The van der Waals surface area contributed by atoms with Crippen molar-refractivity contribution in [1.82, 2.24) is 15.0 Å². The molecule has 4 rings (SSSR count). The molecule has 0 amide bonds. The Morgan fingerprint density at radius 3 is 2.50 bits per heavy atom. The van der Waals surface area contributed by atoms with Gasteiger partial charge < -0.3 is 16.4 Å². The molecule has 0 aliphatic carbocycles. The smallest absolute Gasteiger partial charge is 0.223 e. The molecule has 6 nitrogen and oxygen atoms in total. The summed E-state index contributed by atoms with van der Waals surface area (Å²) >= 11 is 0. The zero-order chi connectivity index (χ0) is 17.8. The van der Waals surface area contributed by atoms with Crippen LogP contribution in [0.3, 0.4) is 0 Å². The summed E-state index contributed by atoms with van der Waals surface area (Å²) in [6.07, 6.45) is 1.77. The van der Waals surface area contributed by atoms with Crippen LogP contribution in [0.15, 0.2) is 72.9 Å². The van der Waals surface area contributed by atoms with E-state index in [0.29, 0.717) is 18.2 Å². The fourth-order valence-electron chi connectivity index (χ4n) is 2.75. The second kappa shape index (κ2) is 7.06. The normalized spacial score (nSPS) is 10.6. The molecule has 0 atom stereocenters. The molecular weight excluding hydrogens is 324 g/mol. The number of benzene rings is 2. The Balaban J connectivity index is 1.58. The first-order chi connectivity index (χ1) is 12.8. The highest BCUT2D eigenvalue weighted by Crippen LogP contribution is 2.24. The first-order valence-corrected chi connectivity index (χ1v) is 8.31. The van der Waals surface area contributed by atoms with Crippen molar-refractivity contribution in [2.45, 2.75) is 6.54 Å². The topological polar surface area (TPSA) is 88.8 Å². The number of hydrogen-bond donors (Lipinski definition) is 3. The zero-order valence-corrected chi connectivity index (χ0v) is 14.1. The van der Waals surface area contributed by atoms with Gasteiger partial charge in [0, 0.05) is 24.2 Å². The third-order valence-corrected chi connectivity index (χ3v) is 3.98. The Hall–Kier alpha value is -3.67. The summed E-state index contributed by atoms with van der Waals surface area (Å²) < 4.78 is 0. The summed E-state index contributed by atoms with van der Waals surface area (Å²) in [7, 11) is 0. The second-order valence-electron chi connectivity index (χ2n) is 5.84. The zero-order valence-electron chi connectivity index (χ0n) is 14.1. The highest BCUT2D eigenvalue weighted by Gasteiger charge is 2.06. The van der Waals surface area contributed by atoms with Gasteiger partial charge in [0.15, 0.2) is 0 Å². The molecule has 4 N–H and O–H groups in total. The van der Waals surface area contributed by atoms with Crippen LogP contribution in [0.4, 0.5) is 23.4 Å². The lowest BCUT2D eigenvalue weighted by Crippen LogP contribution is -2.06. The highest BCUT2D eigenvalue weighted by molar-refractivity contribution is 5.92. The highest BCUT2D eigenvalue weighted by atomic mass is 15.1. The predicted octanol–water partition coefficient (Wildman–Crippen LogP) is 3.96. The first-order valence-electron chi connectivity index (χ1n) is 8.31. The van der Waals surface area contributed by atoms with E-state index in [2.05, 4.69) is 37.7 Å². The number of hydrogen-bond acceptors (Lipinski definition) is 6. The van der Waals surface area contributed by atoms with Crippen LogP contribution in [-0.2, 0) is 6.54 Å². The SMILES string of the molecule is Nc1nc(NCc2ccccc2)cc(Nc2nccc3ccccc23)n1. The quantitative estimate of drug-likeness (QED) is 0.509. The lowest BCUT2D eigenvalue weighted by Gasteiger charge is -2.11. The molecule has 2 heterocycles. The van der Waals surface area contributed by atoms with Crippen molar-refractivity contribution in [3.63, 3.8) is 0 Å². The summed E-state index contributed by atoms with van der Waals surface area (Å²) in [6, 6.07) is 21.9. The third kappa shape index (κ3) is 3.54. The second-order valence-corrected chi connectivity index (χ2v) is 5.84.